The van der Waals surface area contributed by atoms with E-state index in [-0.39, 0.29) is 5.92 Å². The molecule has 0 aromatic heterocycles. The van der Waals surface area contributed by atoms with Crippen LogP contribution in [0.25, 0.3) is 10.9 Å². The molecule has 4 heteroatoms. The molecule has 0 N–H and O–H groups in total. The number of allylic oxidation sites excluding steroid dienone is 1. The number of hydrogen-bond donors (Lipinski definition) is 0. The summed E-state index contributed by atoms with van der Waals surface area (Å²) >= 11 is 0. The molecule has 0 aliphatic carbocycles. The largest absolute Gasteiger partial charge is 0.466 e. The summed E-state index contributed by atoms with van der Waals surface area (Å²) in [5.74, 6) is 0.471. The molecule has 4 rings (SSSR count). The predicted molar refractivity (Wildman–Crippen MR) is 102 cm³/mol. The summed E-state index contributed by atoms with van der Waals surface area (Å²) in [7, 11) is 0. The average Bonchev–Trinajstić information content (AvgIpc) is 2.68. The van der Waals surface area contributed by atoms with Crippen LogP contribution in [-0.4, -0.2) is 19.1 Å². The minimum Gasteiger partial charge on any atom is -0.466 e. The van der Waals surface area contributed by atoms with Crippen LogP contribution in [0.5, 0.6) is 0 Å². The zero-order chi connectivity index (χ0) is 17.9. The first-order valence-corrected chi connectivity index (χ1v) is 9.18. The maximum atomic E-state index is 9.08. The van der Waals surface area contributed by atoms with Crippen LogP contribution in [0, 0.1) is 23.8 Å². The Kier molecular flexibility index (Phi) is 4.50. The standard InChI is InChI=1S/C22H21N3O/c1-24-21(15-23)17-8-11-26-20(14-17)7-6-16-12-18-4-2-9-25-10-3-5-19(13-16)22(18)25/h6-8,11-14,17,21H,2-5,9-10H2/b7-6+. The fourth-order valence-corrected chi connectivity index (χ4v) is 4.09. The van der Waals surface area contributed by atoms with E-state index >= 15 is 0 Å². The molecule has 4 nitrogen and oxygen atoms in total. The van der Waals surface area contributed by atoms with Gasteiger partial charge in [0.25, 0.3) is 0 Å². The molecule has 3 aliphatic heterocycles. The molecule has 3 aliphatic rings. The Morgan fingerprint density at radius 1 is 1.23 bits per heavy atom. The maximum Gasteiger partial charge on any atom is 0.316 e. The van der Waals surface area contributed by atoms with Gasteiger partial charge < -0.3 is 9.64 Å². The number of nitrogens with zero attached hydrogens (tertiary/aromatic N) is 3. The van der Waals surface area contributed by atoms with Gasteiger partial charge in [-0.05, 0) is 72.7 Å². The van der Waals surface area contributed by atoms with Gasteiger partial charge in [-0.3, -0.25) is 4.85 Å². The molecular formula is C22H21N3O. The summed E-state index contributed by atoms with van der Waals surface area (Å²) in [6.07, 6.45) is 14.0. The quantitative estimate of drug-likeness (QED) is 0.770. The van der Waals surface area contributed by atoms with Crippen molar-refractivity contribution in [2.75, 3.05) is 18.0 Å². The summed E-state index contributed by atoms with van der Waals surface area (Å²) in [4.78, 5) is 5.92. The van der Waals surface area contributed by atoms with Crippen LogP contribution in [-0.2, 0) is 17.6 Å². The van der Waals surface area contributed by atoms with E-state index in [1.54, 1.807) is 12.3 Å². The first-order chi connectivity index (χ1) is 12.8. The van der Waals surface area contributed by atoms with Crippen molar-refractivity contribution in [2.24, 2.45) is 5.92 Å². The Labute approximate surface area is 154 Å². The molecule has 130 valence electrons. The van der Waals surface area contributed by atoms with Crippen LogP contribution in [0.15, 0.2) is 42.4 Å². The molecule has 0 bridgehead atoms. The van der Waals surface area contributed by atoms with Crippen LogP contribution in [0.1, 0.15) is 29.5 Å². The van der Waals surface area contributed by atoms with Gasteiger partial charge in [-0.2, -0.15) is 5.26 Å². The molecular weight excluding hydrogens is 322 g/mol. The highest BCUT2D eigenvalue weighted by Crippen LogP contribution is 2.36. The van der Waals surface area contributed by atoms with Crippen molar-refractivity contribution in [2.45, 2.75) is 31.7 Å². The number of rotatable bonds is 3. The molecule has 2 atom stereocenters. The van der Waals surface area contributed by atoms with Gasteiger partial charge in [0.05, 0.1) is 12.2 Å². The number of aryl methyl sites for hydroxylation is 2. The highest BCUT2D eigenvalue weighted by atomic mass is 16.5. The molecule has 2 unspecified atom stereocenters. The Balaban J connectivity index is 1.58. The molecule has 26 heavy (non-hydrogen) atoms. The summed E-state index contributed by atoms with van der Waals surface area (Å²) < 4.78 is 5.54. The lowest BCUT2D eigenvalue weighted by molar-refractivity contribution is 0.350. The van der Waals surface area contributed by atoms with E-state index in [0.717, 1.165) is 12.8 Å². The van der Waals surface area contributed by atoms with Crippen molar-refractivity contribution in [3.63, 3.8) is 0 Å². The van der Waals surface area contributed by atoms with E-state index < -0.39 is 6.04 Å². The van der Waals surface area contributed by atoms with Crippen LogP contribution >= 0.6 is 0 Å². The predicted octanol–water partition coefficient (Wildman–Crippen LogP) is 4.25. The molecule has 3 heterocycles. The van der Waals surface area contributed by atoms with E-state index in [4.69, 9.17) is 16.6 Å². The van der Waals surface area contributed by atoms with E-state index in [2.05, 4.69) is 28.0 Å². The summed E-state index contributed by atoms with van der Waals surface area (Å²) in [5.41, 5.74) is 5.59. The molecule has 0 radical (unpaired) electrons. The molecule has 1 aromatic rings. The Morgan fingerprint density at radius 3 is 2.62 bits per heavy atom. The Bertz CT molecular complexity index is 837. The SMILES string of the molecule is [C-]#[N+]C(C#N)C1C=COC(/C=C/c2cc3c4c(c2)CCCN4CCC3)=C1. The van der Waals surface area contributed by atoms with E-state index in [1.807, 2.05) is 18.2 Å². The van der Waals surface area contributed by atoms with E-state index in [9.17, 15) is 0 Å². The molecule has 0 spiro atoms. The van der Waals surface area contributed by atoms with Crippen LogP contribution in [0.2, 0.25) is 0 Å². The number of anilines is 1. The van der Waals surface area contributed by atoms with Crippen LogP contribution in [0.3, 0.4) is 0 Å². The Morgan fingerprint density at radius 2 is 1.96 bits per heavy atom. The first-order valence-electron chi connectivity index (χ1n) is 9.18. The average molecular weight is 343 g/mol. The third kappa shape index (κ3) is 3.11. The van der Waals surface area contributed by atoms with Gasteiger partial charge in [0.1, 0.15) is 5.76 Å². The molecule has 0 saturated heterocycles. The van der Waals surface area contributed by atoms with Crippen molar-refractivity contribution in [1.29, 1.82) is 5.26 Å². The second-order valence-corrected chi connectivity index (χ2v) is 7.01. The highest BCUT2D eigenvalue weighted by Gasteiger charge is 2.25. The van der Waals surface area contributed by atoms with Gasteiger partial charge in [0.15, 0.2) is 6.07 Å². The van der Waals surface area contributed by atoms with Gasteiger partial charge >= 0.3 is 6.04 Å². The van der Waals surface area contributed by atoms with Gasteiger partial charge in [0.2, 0.25) is 0 Å². The topological polar surface area (TPSA) is 40.6 Å². The summed E-state index contributed by atoms with van der Waals surface area (Å²) in [5, 5.41) is 9.08. The zero-order valence-corrected chi connectivity index (χ0v) is 14.7. The lowest BCUT2D eigenvalue weighted by Crippen LogP contribution is -2.34. The molecule has 0 amide bonds. The first kappa shape index (κ1) is 16.5. The second-order valence-electron chi connectivity index (χ2n) is 7.01. The molecule has 1 aromatic carbocycles. The van der Waals surface area contributed by atoms with Crippen molar-refractivity contribution in [3.8, 4) is 6.07 Å². The zero-order valence-electron chi connectivity index (χ0n) is 14.7. The lowest BCUT2D eigenvalue weighted by Gasteiger charge is -2.37. The smallest absolute Gasteiger partial charge is 0.316 e. The van der Waals surface area contributed by atoms with Gasteiger partial charge in [-0.25, -0.2) is 6.57 Å². The number of ether oxygens (including phenoxy) is 1. The summed E-state index contributed by atoms with van der Waals surface area (Å²) in [6.45, 7) is 9.50. The van der Waals surface area contributed by atoms with Crippen molar-refractivity contribution >= 4 is 11.8 Å². The number of hydrogen-bond acceptors (Lipinski definition) is 3. The third-order valence-corrected chi connectivity index (χ3v) is 5.29. The van der Waals surface area contributed by atoms with E-state index in [0.29, 0.717) is 5.76 Å². The van der Waals surface area contributed by atoms with Gasteiger partial charge in [0, 0.05) is 18.8 Å². The number of benzene rings is 1. The van der Waals surface area contributed by atoms with Crippen molar-refractivity contribution in [3.05, 3.63) is 70.5 Å². The van der Waals surface area contributed by atoms with Crippen molar-refractivity contribution < 1.29 is 4.74 Å². The summed E-state index contributed by atoms with van der Waals surface area (Å²) in [6, 6.07) is 5.93. The van der Waals surface area contributed by atoms with Gasteiger partial charge in [-0.1, -0.05) is 6.08 Å². The minimum atomic E-state index is -0.697. The highest BCUT2D eigenvalue weighted by molar-refractivity contribution is 5.68. The monoisotopic (exact) mass is 343 g/mol. The minimum absolute atomic E-state index is 0.218. The van der Waals surface area contributed by atoms with Crippen LogP contribution in [0.4, 0.5) is 5.69 Å². The van der Waals surface area contributed by atoms with Crippen molar-refractivity contribution in [1.82, 2.24) is 0 Å². The second kappa shape index (κ2) is 7.10. The maximum absolute atomic E-state index is 9.08. The lowest BCUT2D eigenvalue weighted by atomic mass is 9.90. The third-order valence-electron chi connectivity index (χ3n) is 5.29. The normalized spacial score (nSPS) is 22.0. The molecule has 0 fully saturated rings. The Hall–Kier alpha value is -2.98. The molecule has 0 saturated carbocycles. The van der Waals surface area contributed by atoms with Crippen LogP contribution < -0.4 is 4.90 Å². The fourth-order valence-electron chi connectivity index (χ4n) is 4.09. The van der Waals surface area contributed by atoms with E-state index in [1.165, 1.54) is 48.3 Å². The fraction of sp³-hybridized carbons (Fsp3) is 0.364. The van der Waals surface area contributed by atoms with Gasteiger partial charge in [-0.15, -0.1) is 0 Å². The number of nitriles is 1.